The number of aryl methyl sites for hydroxylation is 1. The number of methoxy groups -OCH3 is 1. The van der Waals surface area contributed by atoms with Crippen LogP contribution in [-0.2, 0) is 11.2 Å². The Morgan fingerprint density at radius 3 is 2.69 bits per heavy atom. The maximum absolute atomic E-state index is 13.0. The number of aromatic nitrogens is 2. The Labute approximate surface area is 167 Å². The number of pyridine rings is 1. The average Bonchev–Trinajstić information content (AvgIpc) is 3.13. The summed E-state index contributed by atoms with van der Waals surface area (Å²) in [4.78, 5) is 17.2. The van der Waals surface area contributed by atoms with Crippen molar-refractivity contribution in [2.75, 3.05) is 12.4 Å². The van der Waals surface area contributed by atoms with Crippen molar-refractivity contribution in [3.05, 3.63) is 83.9 Å². The minimum absolute atomic E-state index is 0.140. The van der Waals surface area contributed by atoms with Gasteiger partial charge in [-0.3, -0.25) is 4.79 Å². The molecule has 0 fully saturated rings. The van der Waals surface area contributed by atoms with Crippen molar-refractivity contribution in [3.8, 4) is 17.0 Å². The first kappa shape index (κ1) is 18.7. The van der Waals surface area contributed by atoms with Gasteiger partial charge in [0.25, 0.3) is 0 Å². The van der Waals surface area contributed by atoms with Gasteiger partial charge in [0.1, 0.15) is 17.2 Å². The molecule has 0 saturated carbocycles. The van der Waals surface area contributed by atoms with Crippen LogP contribution in [0, 0.1) is 12.7 Å². The van der Waals surface area contributed by atoms with Crippen LogP contribution in [0.5, 0.6) is 5.75 Å². The molecule has 0 aliphatic carbocycles. The number of fused-ring (bicyclic) bond motifs is 1. The molecular weight excluding hydrogens is 369 g/mol. The van der Waals surface area contributed by atoms with E-state index in [4.69, 9.17) is 4.74 Å². The number of nitrogens with zero attached hydrogens (tertiary/aromatic N) is 2. The van der Waals surface area contributed by atoms with Crippen LogP contribution in [0.4, 0.5) is 10.1 Å². The van der Waals surface area contributed by atoms with Crippen molar-refractivity contribution in [2.45, 2.75) is 13.3 Å². The number of imidazole rings is 1. The number of carbonyl (C=O) groups is 1. The first-order valence-electron chi connectivity index (χ1n) is 9.20. The Morgan fingerprint density at radius 1 is 1.14 bits per heavy atom. The van der Waals surface area contributed by atoms with Crippen molar-refractivity contribution in [1.82, 2.24) is 9.38 Å². The Bertz CT molecular complexity index is 1180. The van der Waals surface area contributed by atoms with E-state index in [9.17, 15) is 9.18 Å². The number of nitrogens with one attached hydrogen (secondary N) is 1. The number of halogens is 1. The zero-order valence-corrected chi connectivity index (χ0v) is 16.1. The average molecular weight is 389 g/mol. The highest BCUT2D eigenvalue weighted by Gasteiger charge is 2.12. The molecule has 2 heterocycles. The van der Waals surface area contributed by atoms with Gasteiger partial charge in [-0.2, -0.15) is 0 Å². The smallest absolute Gasteiger partial charge is 0.228 e. The molecule has 1 N–H and O–H groups in total. The summed E-state index contributed by atoms with van der Waals surface area (Å²) < 4.78 is 20.4. The first-order valence-corrected chi connectivity index (χ1v) is 9.20. The molecule has 4 aromatic rings. The van der Waals surface area contributed by atoms with Gasteiger partial charge in [-0.15, -0.1) is 0 Å². The molecule has 0 aliphatic rings. The molecule has 146 valence electrons. The molecule has 0 saturated heterocycles. The van der Waals surface area contributed by atoms with Crippen molar-refractivity contribution < 1.29 is 13.9 Å². The largest absolute Gasteiger partial charge is 0.495 e. The summed E-state index contributed by atoms with van der Waals surface area (Å²) in [5.74, 6) is 0.0182. The first-order chi connectivity index (χ1) is 14.0. The number of ether oxygens (including phenoxy) is 1. The number of anilines is 1. The lowest BCUT2D eigenvalue weighted by Gasteiger charge is -2.11. The summed E-state index contributed by atoms with van der Waals surface area (Å²) in [5, 5.41) is 2.89. The summed E-state index contributed by atoms with van der Waals surface area (Å²) in [6.07, 6.45) is 4.05. The van der Waals surface area contributed by atoms with Crippen molar-refractivity contribution in [3.63, 3.8) is 0 Å². The molecule has 0 spiro atoms. The lowest BCUT2D eigenvalue weighted by atomic mass is 10.1. The summed E-state index contributed by atoms with van der Waals surface area (Å²) in [6, 6.07) is 15.5. The van der Waals surface area contributed by atoms with Crippen LogP contribution in [-0.4, -0.2) is 22.4 Å². The Hall–Kier alpha value is -3.67. The third-order valence-corrected chi connectivity index (χ3v) is 4.66. The third-order valence-electron chi connectivity index (χ3n) is 4.66. The molecule has 0 atom stereocenters. The molecule has 0 radical (unpaired) electrons. The van der Waals surface area contributed by atoms with Gasteiger partial charge in [-0.1, -0.05) is 12.1 Å². The zero-order valence-electron chi connectivity index (χ0n) is 16.1. The molecule has 2 aromatic heterocycles. The highest BCUT2D eigenvalue weighted by molar-refractivity contribution is 5.94. The van der Waals surface area contributed by atoms with E-state index in [-0.39, 0.29) is 18.1 Å². The minimum atomic E-state index is -0.328. The lowest BCUT2D eigenvalue weighted by Crippen LogP contribution is -2.15. The highest BCUT2D eigenvalue weighted by Crippen LogP contribution is 2.30. The molecule has 29 heavy (non-hydrogen) atoms. The third kappa shape index (κ3) is 4.11. The number of benzene rings is 2. The van der Waals surface area contributed by atoms with E-state index >= 15 is 0 Å². The fourth-order valence-electron chi connectivity index (χ4n) is 3.17. The maximum atomic E-state index is 13.0. The summed E-state index contributed by atoms with van der Waals surface area (Å²) in [6.45, 7) is 2.02. The van der Waals surface area contributed by atoms with Crippen LogP contribution >= 0.6 is 0 Å². The van der Waals surface area contributed by atoms with Crippen LogP contribution in [0.15, 0.2) is 67.0 Å². The van der Waals surface area contributed by atoms with E-state index in [1.54, 1.807) is 25.3 Å². The molecule has 4 rings (SSSR count). The quantitative estimate of drug-likeness (QED) is 0.541. The van der Waals surface area contributed by atoms with E-state index in [0.29, 0.717) is 11.4 Å². The zero-order chi connectivity index (χ0) is 20.4. The van der Waals surface area contributed by atoms with Crippen molar-refractivity contribution in [2.24, 2.45) is 0 Å². The van der Waals surface area contributed by atoms with Crippen LogP contribution in [0.2, 0.25) is 0 Å². The Kier molecular flexibility index (Phi) is 4.99. The molecule has 0 unspecified atom stereocenters. The molecule has 1 amide bonds. The van der Waals surface area contributed by atoms with Crippen LogP contribution in [0.3, 0.4) is 0 Å². The van der Waals surface area contributed by atoms with E-state index in [2.05, 4.69) is 10.3 Å². The van der Waals surface area contributed by atoms with Crippen molar-refractivity contribution >= 4 is 17.2 Å². The van der Waals surface area contributed by atoms with Crippen LogP contribution in [0.1, 0.15) is 11.1 Å². The number of carbonyl (C=O) groups excluding carboxylic acids is 1. The minimum Gasteiger partial charge on any atom is -0.495 e. The SMILES string of the molecule is COc1ccc(-c2cn3ccc(C)cc3n2)cc1NC(=O)Cc1ccc(F)cc1. The van der Waals surface area contributed by atoms with Crippen molar-refractivity contribution in [1.29, 1.82) is 0 Å². The Morgan fingerprint density at radius 2 is 1.93 bits per heavy atom. The second-order valence-corrected chi connectivity index (χ2v) is 6.86. The van der Waals surface area contributed by atoms with Gasteiger partial charge in [-0.05, 0) is 60.5 Å². The van der Waals surface area contributed by atoms with Gasteiger partial charge in [0.15, 0.2) is 0 Å². The second kappa shape index (κ2) is 7.75. The van der Waals surface area contributed by atoms with E-state index in [0.717, 1.165) is 28.0 Å². The second-order valence-electron chi connectivity index (χ2n) is 6.86. The predicted molar refractivity (Wildman–Crippen MR) is 111 cm³/mol. The van der Waals surface area contributed by atoms with E-state index in [1.165, 1.54) is 12.1 Å². The highest BCUT2D eigenvalue weighted by atomic mass is 19.1. The monoisotopic (exact) mass is 389 g/mol. The number of hydrogen-bond acceptors (Lipinski definition) is 3. The molecule has 0 bridgehead atoms. The number of rotatable bonds is 5. The topological polar surface area (TPSA) is 55.6 Å². The van der Waals surface area contributed by atoms with Gasteiger partial charge in [-0.25, -0.2) is 9.37 Å². The molecular formula is C23H20FN3O2. The normalized spacial score (nSPS) is 10.9. The molecule has 0 aliphatic heterocycles. The molecule has 2 aromatic carbocycles. The molecule has 5 nitrogen and oxygen atoms in total. The van der Waals surface area contributed by atoms with Gasteiger partial charge in [0.05, 0.1) is 24.9 Å². The fraction of sp³-hybridized carbons (Fsp3) is 0.130. The van der Waals surface area contributed by atoms with Crippen LogP contribution < -0.4 is 10.1 Å². The summed E-state index contributed by atoms with van der Waals surface area (Å²) >= 11 is 0. The van der Waals surface area contributed by atoms with E-state index in [1.807, 2.05) is 48.0 Å². The summed E-state index contributed by atoms with van der Waals surface area (Å²) in [5.41, 5.74) is 4.95. The number of hydrogen-bond donors (Lipinski definition) is 1. The predicted octanol–water partition coefficient (Wildman–Crippen LogP) is 4.64. The Balaban J connectivity index is 1.60. The van der Waals surface area contributed by atoms with Gasteiger partial charge < -0.3 is 14.5 Å². The maximum Gasteiger partial charge on any atom is 0.228 e. The fourth-order valence-corrected chi connectivity index (χ4v) is 3.17. The van der Waals surface area contributed by atoms with Gasteiger partial charge in [0.2, 0.25) is 5.91 Å². The van der Waals surface area contributed by atoms with E-state index < -0.39 is 0 Å². The summed E-state index contributed by atoms with van der Waals surface area (Å²) in [7, 11) is 1.55. The number of amides is 1. The van der Waals surface area contributed by atoms with Crippen LogP contribution in [0.25, 0.3) is 16.9 Å². The lowest BCUT2D eigenvalue weighted by molar-refractivity contribution is -0.115. The molecule has 6 heteroatoms. The standard InChI is InChI=1S/C23H20FN3O2/c1-15-9-10-27-14-20(25-22(27)11-15)17-5-8-21(29-2)19(13-17)26-23(28)12-16-3-6-18(24)7-4-16/h3-11,13-14H,12H2,1-2H3,(H,26,28). The van der Waals surface area contributed by atoms with Gasteiger partial charge in [0, 0.05) is 18.0 Å². The van der Waals surface area contributed by atoms with Gasteiger partial charge >= 0.3 is 0 Å².